The molecule has 0 bridgehead atoms. The molecule has 1 fully saturated rings. The molecule has 1 aliphatic heterocycles. The SMILES string of the molecule is O=C1CCC(=O)N(c2cccc(Cl)c2)N1. The molecule has 0 atom stereocenters. The third-order valence-electron chi connectivity index (χ3n) is 2.12. The summed E-state index contributed by atoms with van der Waals surface area (Å²) in [4.78, 5) is 22.7. The van der Waals surface area contributed by atoms with Gasteiger partial charge in [0.1, 0.15) is 0 Å². The second kappa shape index (κ2) is 3.90. The average molecular weight is 225 g/mol. The van der Waals surface area contributed by atoms with Crippen molar-refractivity contribution in [3.8, 4) is 0 Å². The Morgan fingerprint density at radius 1 is 1.27 bits per heavy atom. The van der Waals surface area contributed by atoms with Crippen LogP contribution < -0.4 is 10.4 Å². The van der Waals surface area contributed by atoms with E-state index in [2.05, 4.69) is 5.43 Å². The van der Waals surface area contributed by atoms with E-state index in [1.54, 1.807) is 24.3 Å². The first-order valence-electron chi connectivity index (χ1n) is 4.55. The summed E-state index contributed by atoms with van der Waals surface area (Å²) in [5.41, 5.74) is 3.08. The second-order valence-corrected chi connectivity index (χ2v) is 3.68. The van der Waals surface area contributed by atoms with E-state index < -0.39 is 0 Å². The molecule has 2 amide bonds. The van der Waals surface area contributed by atoms with Crippen LogP contribution in [0.1, 0.15) is 12.8 Å². The Balaban J connectivity index is 2.28. The van der Waals surface area contributed by atoms with Crippen molar-refractivity contribution in [2.24, 2.45) is 0 Å². The number of hydrogen-bond donors (Lipinski definition) is 1. The number of rotatable bonds is 1. The molecule has 0 saturated carbocycles. The highest BCUT2D eigenvalue weighted by Crippen LogP contribution is 2.20. The van der Waals surface area contributed by atoms with E-state index in [-0.39, 0.29) is 24.7 Å². The van der Waals surface area contributed by atoms with Gasteiger partial charge in [0.15, 0.2) is 0 Å². The van der Waals surface area contributed by atoms with Crippen LogP contribution in [0, 0.1) is 0 Å². The lowest BCUT2D eigenvalue weighted by atomic mass is 10.2. The van der Waals surface area contributed by atoms with E-state index in [1.165, 1.54) is 5.01 Å². The van der Waals surface area contributed by atoms with Gasteiger partial charge in [-0.25, -0.2) is 5.01 Å². The Morgan fingerprint density at radius 2 is 2.07 bits per heavy atom. The number of anilines is 1. The zero-order chi connectivity index (χ0) is 10.8. The van der Waals surface area contributed by atoms with Crippen molar-refractivity contribution in [1.82, 2.24) is 5.43 Å². The number of hydrogen-bond acceptors (Lipinski definition) is 2. The lowest BCUT2D eigenvalue weighted by Gasteiger charge is -2.27. The standard InChI is InChI=1S/C10H9ClN2O2/c11-7-2-1-3-8(6-7)13-10(15)5-4-9(14)12-13/h1-3,6H,4-5H2,(H,12,14). The van der Waals surface area contributed by atoms with Gasteiger partial charge in [-0.1, -0.05) is 17.7 Å². The third-order valence-corrected chi connectivity index (χ3v) is 2.35. The first kappa shape index (κ1) is 9.98. The molecule has 2 rings (SSSR count). The van der Waals surface area contributed by atoms with E-state index in [0.29, 0.717) is 10.7 Å². The molecule has 0 unspecified atom stereocenters. The predicted octanol–water partition coefficient (Wildman–Crippen LogP) is 1.50. The molecule has 0 aromatic heterocycles. The van der Waals surface area contributed by atoms with Crippen molar-refractivity contribution in [3.05, 3.63) is 29.3 Å². The average Bonchev–Trinajstić information content (AvgIpc) is 2.22. The first-order valence-corrected chi connectivity index (χ1v) is 4.92. The van der Waals surface area contributed by atoms with E-state index >= 15 is 0 Å². The zero-order valence-electron chi connectivity index (χ0n) is 7.87. The summed E-state index contributed by atoms with van der Waals surface area (Å²) in [6.07, 6.45) is 0.480. The third kappa shape index (κ3) is 2.10. The summed E-state index contributed by atoms with van der Waals surface area (Å²) >= 11 is 5.80. The maximum atomic E-state index is 11.5. The fourth-order valence-corrected chi connectivity index (χ4v) is 1.58. The molecule has 1 aromatic carbocycles. The van der Waals surface area contributed by atoms with E-state index in [4.69, 9.17) is 11.6 Å². The number of nitrogens with one attached hydrogen (secondary N) is 1. The number of benzene rings is 1. The van der Waals surface area contributed by atoms with Crippen LogP contribution in [-0.4, -0.2) is 11.8 Å². The smallest absolute Gasteiger partial charge is 0.246 e. The molecule has 0 spiro atoms. The lowest BCUT2D eigenvalue weighted by Crippen LogP contribution is -2.50. The first-order chi connectivity index (χ1) is 7.16. The monoisotopic (exact) mass is 224 g/mol. The highest BCUT2D eigenvalue weighted by atomic mass is 35.5. The summed E-state index contributed by atoms with van der Waals surface area (Å²) in [6.45, 7) is 0. The molecule has 1 heterocycles. The lowest BCUT2D eigenvalue weighted by molar-refractivity contribution is -0.130. The maximum Gasteiger partial charge on any atom is 0.246 e. The zero-order valence-corrected chi connectivity index (χ0v) is 8.62. The highest BCUT2D eigenvalue weighted by molar-refractivity contribution is 6.30. The second-order valence-electron chi connectivity index (χ2n) is 3.24. The van der Waals surface area contributed by atoms with Crippen LogP contribution in [0.5, 0.6) is 0 Å². The maximum absolute atomic E-state index is 11.5. The molecule has 78 valence electrons. The Hall–Kier alpha value is -1.55. The van der Waals surface area contributed by atoms with Gasteiger partial charge in [-0.3, -0.25) is 15.0 Å². The molecule has 1 aliphatic rings. The molecule has 1 saturated heterocycles. The summed E-state index contributed by atoms with van der Waals surface area (Å²) in [6, 6.07) is 6.79. The minimum Gasteiger partial charge on any atom is -0.273 e. The summed E-state index contributed by atoms with van der Waals surface area (Å²) < 4.78 is 0. The quantitative estimate of drug-likeness (QED) is 0.786. The molecule has 1 aromatic rings. The van der Waals surface area contributed by atoms with Crippen LogP contribution >= 0.6 is 11.6 Å². The van der Waals surface area contributed by atoms with Crippen LogP contribution in [-0.2, 0) is 9.59 Å². The van der Waals surface area contributed by atoms with Crippen LogP contribution in [0.4, 0.5) is 5.69 Å². The number of carbonyl (C=O) groups excluding carboxylic acids is 2. The van der Waals surface area contributed by atoms with E-state index in [9.17, 15) is 9.59 Å². The van der Waals surface area contributed by atoms with Gasteiger partial charge in [-0.15, -0.1) is 0 Å². The molecule has 0 radical (unpaired) electrons. The van der Waals surface area contributed by atoms with Gasteiger partial charge >= 0.3 is 0 Å². The number of hydrazine groups is 1. The van der Waals surface area contributed by atoms with Crippen molar-refractivity contribution < 1.29 is 9.59 Å². The Labute approximate surface area is 91.8 Å². The van der Waals surface area contributed by atoms with Gasteiger partial charge in [0.2, 0.25) is 11.8 Å². The van der Waals surface area contributed by atoms with E-state index in [1.807, 2.05) is 0 Å². The Bertz CT molecular complexity index is 420. The molecular weight excluding hydrogens is 216 g/mol. The number of nitrogens with zero attached hydrogens (tertiary/aromatic N) is 1. The van der Waals surface area contributed by atoms with Gasteiger partial charge in [0.05, 0.1) is 5.69 Å². The molecule has 15 heavy (non-hydrogen) atoms. The molecule has 1 N–H and O–H groups in total. The van der Waals surface area contributed by atoms with E-state index in [0.717, 1.165) is 0 Å². The number of amides is 2. The normalized spacial score (nSPS) is 16.5. The minimum absolute atomic E-state index is 0.128. The highest BCUT2D eigenvalue weighted by Gasteiger charge is 2.24. The summed E-state index contributed by atoms with van der Waals surface area (Å²) in [7, 11) is 0. The number of halogens is 1. The van der Waals surface area contributed by atoms with Gasteiger partial charge in [0, 0.05) is 17.9 Å². The summed E-state index contributed by atoms with van der Waals surface area (Å²) in [5, 5.41) is 1.76. The van der Waals surface area contributed by atoms with Gasteiger partial charge in [-0.2, -0.15) is 0 Å². The minimum atomic E-state index is -0.158. The van der Waals surface area contributed by atoms with Gasteiger partial charge in [-0.05, 0) is 18.2 Å². The molecule has 0 aliphatic carbocycles. The fraction of sp³-hybridized carbons (Fsp3) is 0.200. The van der Waals surface area contributed by atoms with Crippen molar-refractivity contribution >= 4 is 29.1 Å². The van der Waals surface area contributed by atoms with Crippen LogP contribution in [0.25, 0.3) is 0 Å². The number of carbonyl (C=O) groups is 2. The van der Waals surface area contributed by atoms with Crippen LogP contribution in [0.2, 0.25) is 5.02 Å². The Morgan fingerprint density at radius 3 is 2.80 bits per heavy atom. The molecular formula is C10H9ClN2O2. The predicted molar refractivity (Wildman–Crippen MR) is 56.3 cm³/mol. The largest absolute Gasteiger partial charge is 0.273 e. The Kier molecular flexibility index (Phi) is 2.60. The fourth-order valence-electron chi connectivity index (χ4n) is 1.40. The molecule has 4 nitrogen and oxygen atoms in total. The van der Waals surface area contributed by atoms with Crippen molar-refractivity contribution in [3.63, 3.8) is 0 Å². The van der Waals surface area contributed by atoms with Crippen molar-refractivity contribution in [2.45, 2.75) is 12.8 Å². The van der Waals surface area contributed by atoms with Crippen molar-refractivity contribution in [2.75, 3.05) is 5.01 Å². The van der Waals surface area contributed by atoms with Crippen LogP contribution in [0.15, 0.2) is 24.3 Å². The van der Waals surface area contributed by atoms with Gasteiger partial charge < -0.3 is 0 Å². The van der Waals surface area contributed by atoms with Crippen molar-refractivity contribution in [1.29, 1.82) is 0 Å². The van der Waals surface area contributed by atoms with Gasteiger partial charge in [0.25, 0.3) is 0 Å². The summed E-state index contributed by atoms with van der Waals surface area (Å²) in [5.74, 6) is -0.286. The molecule has 5 heteroatoms. The topological polar surface area (TPSA) is 49.4 Å². The van der Waals surface area contributed by atoms with Crippen LogP contribution in [0.3, 0.4) is 0 Å².